The van der Waals surface area contributed by atoms with Crippen LogP contribution in [0.4, 0.5) is 4.39 Å². The molecule has 35 heavy (non-hydrogen) atoms. The van der Waals surface area contributed by atoms with Crippen molar-refractivity contribution >= 4 is 17.9 Å². The Bertz CT molecular complexity index is 1000. The smallest absolute Gasteiger partial charge is 0.233 e. The zero-order valence-corrected chi connectivity index (χ0v) is 20.7. The maximum atomic E-state index is 13.7. The van der Waals surface area contributed by atoms with E-state index < -0.39 is 35.4 Å². The molecule has 0 aromatic heterocycles. The highest BCUT2D eigenvalue weighted by molar-refractivity contribution is 6.05. The molecular weight excluding hydrogens is 453 g/mol. The lowest BCUT2D eigenvalue weighted by molar-refractivity contribution is -0.140. The van der Waals surface area contributed by atoms with Crippen LogP contribution in [0.25, 0.3) is 6.08 Å². The molecule has 1 fully saturated rings. The normalized spacial score (nSPS) is 23.8. The second kappa shape index (κ2) is 11.9. The zero-order chi connectivity index (χ0) is 25.7. The van der Waals surface area contributed by atoms with E-state index in [2.05, 4.69) is 0 Å². The van der Waals surface area contributed by atoms with Gasteiger partial charge in [-0.2, -0.15) is 0 Å². The van der Waals surface area contributed by atoms with Crippen LogP contribution in [-0.2, 0) is 14.3 Å². The molecule has 0 saturated carbocycles. The van der Waals surface area contributed by atoms with Crippen LogP contribution in [0.5, 0.6) is 5.75 Å². The number of imide groups is 1. The molecule has 0 bridgehead atoms. The Morgan fingerprint density at radius 3 is 2.63 bits per heavy atom. The summed E-state index contributed by atoms with van der Waals surface area (Å²) >= 11 is 0. The third-order valence-corrected chi connectivity index (χ3v) is 7.13. The van der Waals surface area contributed by atoms with Crippen molar-refractivity contribution in [1.82, 2.24) is 4.90 Å². The number of amides is 2. The van der Waals surface area contributed by atoms with Gasteiger partial charge in [-0.05, 0) is 60.9 Å². The molecule has 1 aliphatic carbocycles. The topological polar surface area (TPSA) is 107 Å². The van der Waals surface area contributed by atoms with Crippen LogP contribution in [-0.4, -0.2) is 65.0 Å². The maximum Gasteiger partial charge on any atom is 0.233 e. The predicted molar refractivity (Wildman–Crippen MR) is 130 cm³/mol. The molecule has 7 nitrogen and oxygen atoms in total. The SMILES string of the molecule is CCCN1C(=O)[C@@H]2[C@@H](CC(COC)=C([C@H](O)CC/C(=C/c3ccc(O)c(F)c3)CC)[C@@H]2CO)C1=O. The summed E-state index contributed by atoms with van der Waals surface area (Å²) in [5.41, 5.74) is 2.97. The fourth-order valence-corrected chi connectivity index (χ4v) is 5.45. The summed E-state index contributed by atoms with van der Waals surface area (Å²) in [6.45, 7) is 4.09. The van der Waals surface area contributed by atoms with Gasteiger partial charge < -0.3 is 20.1 Å². The minimum absolute atomic E-state index is 0.209. The first kappa shape index (κ1) is 27.0. The molecule has 1 aromatic rings. The van der Waals surface area contributed by atoms with Crippen LogP contribution in [0, 0.1) is 23.6 Å². The molecule has 8 heteroatoms. The molecule has 192 valence electrons. The van der Waals surface area contributed by atoms with E-state index in [0.29, 0.717) is 49.8 Å². The number of aromatic hydroxyl groups is 1. The van der Waals surface area contributed by atoms with E-state index in [1.54, 1.807) is 6.07 Å². The Labute approximate surface area is 205 Å². The molecule has 3 rings (SSSR count). The van der Waals surface area contributed by atoms with Crippen molar-refractivity contribution in [3.05, 3.63) is 46.3 Å². The summed E-state index contributed by atoms with van der Waals surface area (Å²) in [5, 5.41) is 31.0. The lowest BCUT2D eigenvalue weighted by Crippen LogP contribution is -2.39. The molecule has 1 heterocycles. The number of aliphatic hydroxyl groups excluding tert-OH is 2. The first-order valence-corrected chi connectivity index (χ1v) is 12.3. The Hall–Kier alpha value is -2.55. The number of likely N-dealkylation sites (tertiary alicyclic amines) is 1. The van der Waals surface area contributed by atoms with Crippen LogP contribution < -0.4 is 0 Å². The third-order valence-electron chi connectivity index (χ3n) is 7.13. The molecule has 0 spiro atoms. The van der Waals surface area contributed by atoms with Crippen LogP contribution in [0.1, 0.15) is 51.5 Å². The van der Waals surface area contributed by atoms with E-state index in [-0.39, 0.29) is 25.0 Å². The van der Waals surface area contributed by atoms with Gasteiger partial charge in [-0.3, -0.25) is 14.5 Å². The van der Waals surface area contributed by atoms with Gasteiger partial charge >= 0.3 is 0 Å². The molecular formula is C27H36FNO6. The lowest BCUT2D eigenvalue weighted by Gasteiger charge is -2.36. The summed E-state index contributed by atoms with van der Waals surface area (Å²) in [4.78, 5) is 27.4. The van der Waals surface area contributed by atoms with Crippen LogP contribution in [0.3, 0.4) is 0 Å². The molecule has 2 amide bonds. The number of rotatable bonds is 11. The van der Waals surface area contributed by atoms with Gasteiger partial charge in [-0.15, -0.1) is 0 Å². The lowest BCUT2D eigenvalue weighted by atomic mass is 9.68. The first-order chi connectivity index (χ1) is 16.8. The highest BCUT2D eigenvalue weighted by Gasteiger charge is 2.54. The third kappa shape index (κ3) is 5.66. The van der Waals surface area contributed by atoms with Crippen molar-refractivity contribution in [2.24, 2.45) is 17.8 Å². The summed E-state index contributed by atoms with van der Waals surface area (Å²) in [7, 11) is 1.54. The number of phenols is 1. The standard InChI is InChI=1S/C27H36FNO6/c1-4-10-29-26(33)19-13-18(15-35-3)24(20(14-30)25(19)27(29)34)23(32)9-6-16(5-2)11-17-7-8-22(31)21(28)12-17/h7-8,11-12,19-20,23,25,30-32H,4-6,9-10,13-15H2,1-3H3/b16-11+/t19-,20+,23-,25-/m1/s1. The van der Waals surface area contributed by atoms with Crippen molar-refractivity contribution in [1.29, 1.82) is 0 Å². The number of fused-ring (bicyclic) bond motifs is 1. The van der Waals surface area contributed by atoms with Crippen molar-refractivity contribution in [2.45, 2.75) is 52.1 Å². The van der Waals surface area contributed by atoms with Crippen molar-refractivity contribution in [3.8, 4) is 5.75 Å². The number of halogens is 1. The number of benzene rings is 1. The molecule has 3 N–H and O–H groups in total. The Balaban J connectivity index is 1.84. The van der Waals surface area contributed by atoms with Gasteiger partial charge in [0.15, 0.2) is 11.6 Å². The van der Waals surface area contributed by atoms with Crippen LogP contribution in [0.2, 0.25) is 0 Å². The second-order valence-corrected chi connectivity index (χ2v) is 9.37. The van der Waals surface area contributed by atoms with Gasteiger partial charge in [-0.1, -0.05) is 31.6 Å². The zero-order valence-electron chi connectivity index (χ0n) is 20.7. The molecule has 0 unspecified atom stereocenters. The molecule has 1 saturated heterocycles. The summed E-state index contributed by atoms with van der Waals surface area (Å²) < 4.78 is 19.1. The second-order valence-electron chi connectivity index (χ2n) is 9.37. The van der Waals surface area contributed by atoms with E-state index in [4.69, 9.17) is 4.74 Å². The minimum Gasteiger partial charge on any atom is -0.505 e. The van der Waals surface area contributed by atoms with Gasteiger partial charge in [0.1, 0.15) is 0 Å². The van der Waals surface area contributed by atoms with Crippen molar-refractivity contribution in [2.75, 3.05) is 26.9 Å². The number of nitrogens with zero attached hydrogens (tertiary/aromatic N) is 1. The van der Waals surface area contributed by atoms with Gasteiger partial charge in [0.2, 0.25) is 11.8 Å². The number of methoxy groups -OCH3 is 1. The molecule has 0 radical (unpaired) electrons. The Morgan fingerprint density at radius 2 is 2.03 bits per heavy atom. The van der Waals surface area contributed by atoms with E-state index in [1.807, 2.05) is 19.9 Å². The Kier molecular flexibility index (Phi) is 9.21. The number of hydrogen-bond donors (Lipinski definition) is 3. The fourth-order valence-electron chi connectivity index (χ4n) is 5.45. The first-order valence-electron chi connectivity index (χ1n) is 12.3. The molecule has 1 aliphatic heterocycles. The van der Waals surface area contributed by atoms with Crippen molar-refractivity contribution < 1.29 is 34.0 Å². The van der Waals surface area contributed by atoms with Gasteiger partial charge in [0.05, 0.1) is 31.2 Å². The monoisotopic (exact) mass is 489 g/mol. The fraction of sp³-hybridized carbons (Fsp3) is 0.556. The number of hydrogen-bond acceptors (Lipinski definition) is 6. The number of allylic oxidation sites excluding steroid dienone is 1. The largest absolute Gasteiger partial charge is 0.505 e. The average Bonchev–Trinajstić information content (AvgIpc) is 3.07. The summed E-state index contributed by atoms with van der Waals surface area (Å²) in [6, 6.07) is 4.18. The number of aliphatic hydroxyl groups is 2. The summed E-state index contributed by atoms with van der Waals surface area (Å²) in [6.07, 6.45) is 3.45. The van der Waals surface area contributed by atoms with E-state index in [1.165, 1.54) is 24.1 Å². The van der Waals surface area contributed by atoms with Gasteiger partial charge in [-0.25, -0.2) is 4.39 Å². The maximum absolute atomic E-state index is 13.7. The van der Waals surface area contributed by atoms with E-state index in [0.717, 1.165) is 11.1 Å². The number of carbonyl (C=O) groups is 2. The predicted octanol–water partition coefficient (Wildman–Crippen LogP) is 3.43. The molecule has 1 aromatic carbocycles. The highest BCUT2D eigenvalue weighted by atomic mass is 19.1. The Morgan fingerprint density at radius 1 is 1.29 bits per heavy atom. The van der Waals surface area contributed by atoms with Gasteiger partial charge in [0.25, 0.3) is 0 Å². The number of carbonyl (C=O) groups excluding carboxylic acids is 2. The number of ether oxygens (including phenoxy) is 1. The number of phenolic OH excluding ortho intramolecular Hbond substituents is 1. The average molecular weight is 490 g/mol. The minimum atomic E-state index is -0.923. The van der Waals surface area contributed by atoms with Crippen LogP contribution in [0.15, 0.2) is 34.9 Å². The van der Waals surface area contributed by atoms with Crippen molar-refractivity contribution in [3.63, 3.8) is 0 Å². The molecule has 2 aliphatic rings. The van der Waals surface area contributed by atoms with Gasteiger partial charge in [0, 0.05) is 19.6 Å². The van der Waals surface area contributed by atoms with E-state index >= 15 is 0 Å². The quantitative estimate of drug-likeness (QED) is 0.325. The molecule has 4 atom stereocenters. The summed E-state index contributed by atoms with van der Waals surface area (Å²) in [5.74, 6) is -3.44. The van der Waals surface area contributed by atoms with Crippen LogP contribution >= 0.6 is 0 Å². The highest BCUT2D eigenvalue weighted by Crippen LogP contribution is 2.46. The van der Waals surface area contributed by atoms with E-state index in [9.17, 15) is 29.3 Å².